The Labute approximate surface area is 186 Å². The molecule has 0 atom stereocenters. The third kappa shape index (κ3) is 5.12. The summed E-state index contributed by atoms with van der Waals surface area (Å²) in [6.07, 6.45) is 4.64. The number of thiophene rings is 1. The van der Waals surface area contributed by atoms with Crippen molar-refractivity contribution in [3.63, 3.8) is 0 Å². The smallest absolute Gasteiger partial charge is 0.338 e. The standard InChI is InChI=1S/C22H25N3O4S2/c1-4-5-6-20-24-13-19(18-11-12-30-21(18)15(2)22(26)29-3)25(20)14-16-7-9-17(10-8-16)31(23,27)28/h7-13H,2,4-6,14H2,1,3H3,(H2,23,27,28). The Balaban J connectivity index is 2.02. The van der Waals surface area contributed by atoms with E-state index in [1.807, 2.05) is 11.4 Å². The normalized spacial score (nSPS) is 11.5. The summed E-state index contributed by atoms with van der Waals surface area (Å²) in [6.45, 7) is 6.52. The Hall–Kier alpha value is -2.75. The van der Waals surface area contributed by atoms with Crippen LogP contribution < -0.4 is 5.14 Å². The number of nitrogens with two attached hydrogens (primary N) is 1. The number of rotatable bonds is 9. The molecule has 2 aromatic heterocycles. The lowest BCUT2D eigenvalue weighted by atomic mass is 10.1. The molecule has 0 spiro atoms. The average Bonchev–Trinajstić information content (AvgIpc) is 3.37. The maximum absolute atomic E-state index is 12.0. The number of aromatic nitrogens is 2. The molecule has 1 aromatic carbocycles. The third-order valence-corrected chi connectivity index (χ3v) is 6.84. The molecule has 3 aromatic rings. The van der Waals surface area contributed by atoms with E-state index in [1.165, 1.54) is 30.6 Å². The van der Waals surface area contributed by atoms with Gasteiger partial charge in [0.05, 0.1) is 34.3 Å². The predicted octanol–water partition coefficient (Wildman–Crippen LogP) is 3.84. The number of primary sulfonamides is 1. The molecule has 0 aliphatic rings. The highest BCUT2D eigenvalue weighted by Gasteiger charge is 2.20. The summed E-state index contributed by atoms with van der Waals surface area (Å²) in [5, 5.41) is 7.11. The molecule has 0 saturated carbocycles. The summed E-state index contributed by atoms with van der Waals surface area (Å²) in [5.74, 6) is 0.452. The number of aryl methyl sites for hydroxylation is 1. The average molecular weight is 460 g/mol. The SMILES string of the molecule is C=C(C(=O)OC)c1sccc1-c1cnc(CCCC)n1Cc1ccc(S(N)(=O)=O)cc1. The van der Waals surface area contributed by atoms with Crippen LogP contribution in [0.2, 0.25) is 0 Å². The van der Waals surface area contributed by atoms with E-state index in [0.29, 0.717) is 12.1 Å². The molecule has 31 heavy (non-hydrogen) atoms. The van der Waals surface area contributed by atoms with E-state index in [-0.39, 0.29) is 4.90 Å². The van der Waals surface area contributed by atoms with E-state index in [9.17, 15) is 13.2 Å². The number of carbonyl (C=O) groups is 1. The van der Waals surface area contributed by atoms with Gasteiger partial charge in [-0.05, 0) is 35.6 Å². The van der Waals surface area contributed by atoms with Crippen molar-refractivity contribution < 1.29 is 17.9 Å². The molecule has 3 rings (SSSR count). The predicted molar refractivity (Wildman–Crippen MR) is 122 cm³/mol. The third-order valence-electron chi connectivity index (χ3n) is 4.93. The van der Waals surface area contributed by atoms with Crippen molar-refractivity contribution in [3.8, 4) is 11.3 Å². The molecule has 0 unspecified atom stereocenters. The molecular formula is C22H25N3O4S2. The van der Waals surface area contributed by atoms with E-state index in [0.717, 1.165) is 46.8 Å². The molecule has 0 amide bonds. The Morgan fingerprint density at radius 3 is 2.58 bits per heavy atom. The van der Waals surface area contributed by atoms with Crippen molar-refractivity contribution in [1.82, 2.24) is 9.55 Å². The Morgan fingerprint density at radius 2 is 1.97 bits per heavy atom. The number of ether oxygens (including phenoxy) is 1. The van der Waals surface area contributed by atoms with Gasteiger partial charge < -0.3 is 9.30 Å². The van der Waals surface area contributed by atoms with Gasteiger partial charge in [0.25, 0.3) is 0 Å². The van der Waals surface area contributed by atoms with E-state index >= 15 is 0 Å². The lowest BCUT2D eigenvalue weighted by Gasteiger charge is -2.14. The minimum absolute atomic E-state index is 0.0720. The molecule has 0 saturated heterocycles. The minimum Gasteiger partial charge on any atom is -0.465 e. The Kier molecular flexibility index (Phi) is 7.09. The van der Waals surface area contributed by atoms with Crippen LogP contribution in [0.15, 0.2) is 53.4 Å². The van der Waals surface area contributed by atoms with Crippen LogP contribution in [0.3, 0.4) is 0 Å². The van der Waals surface area contributed by atoms with E-state index in [4.69, 9.17) is 9.88 Å². The van der Waals surface area contributed by atoms with Crippen LogP contribution in [0.4, 0.5) is 0 Å². The van der Waals surface area contributed by atoms with Crippen LogP contribution in [0.5, 0.6) is 0 Å². The zero-order chi connectivity index (χ0) is 22.6. The van der Waals surface area contributed by atoms with Gasteiger partial charge in [-0.1, -0.05) is 32.1 Å². The second-order valence-electron chi connectivity index (χ2n) is 7.07. The van der Waals surface area contributed by atoms with E-state index < -0.39 is 16.0 Å². The number of hydrogen-bond acceptors (Lipinski definition) is 6. The largest absolute Gasteiger partial charge is 0.465 e. The number of nitrogens with zero attached hydrogens (tertiary/aromatic N) is 2. The fourth-order valence-electron chi connectivity index (χ4n) is 3.27. The van der Waals surface area contributed by atoms with Crippen molar-refractivity contribution in [2.75, 3.05) is 7.11 Å². The van der Waals surface area contributed by atoms with Crippen LogP contribution in [0.25, 0.3) is 16.8 Å². The van der Waals surface area contributed by atoms with Crippen molar-refractivity contribution in [2.24, 2.45) is 5.14 Å². The molecular weight excluding hydrogens is 434 g/mol. The van der Waals surface area contributed by atoms with E-state index in [2.05, 4.69) is 23.1 Å². The van der Waals surface area contributed by atoms with Gasteiger partial charge in [0.15, 0.2) is 0 Å². The Morgan fingerprint density at radius 1 is 1.26 bits per heavy atom. The van der Waals surface area contributed by atoms with Gasteiger partial charge in [0.2, 0.25) is 10.0 Å². The minimum atomic E-state index is -3.74. The number of imidazole rings is 1. The number of unbranched alkanes of at least 4 members (excludes halogenated alkanes) is 1. The summed E-state index contributed by atoms with van der Waals surface area (Å²) < 4.78 is 30.0. The lowest BCUT2D eigenvalue weighted by molar-refractivity contribution is -0.133. The fraction of sp³-hybridized carbons (Fsp3) is 0.273. The second kappa shape index (κ2) is 9.59. The summed E-state index contributed by atoms with van der Waals surface area (Å²) in [4.78, 5) is 17.5. The van der Waals surface area contributed by atoms with E-state index in [1.54, 1.807) is 18.3 Å². The Bertz CT molecular complexity index is 1190. The number of carbonyl (C=O) groups excluding carboxylic acids is 1. The molecule has 0 aliphatic carbocycles. The highest BCUT2D eigenvalue weighted by molar-refractivity contribution is 7.89. The molecule has 0 radical (unpaired) electrons. The topological polar surface area (TPSA) is 104 Å². The first kappa shape index (κ1) is 22.9. The van der Waals surface area contributed by atoms with Crippen molar-refractivity contribution in [1.29, 1.82) is 0 Å². The zero-order valence-electron chi connectivity index (χ0n) is 17.5. The number of benzene rings is 1. The molecule has 0 fully saturated rings. The second-order valence-corrected chi connectivity index (χ2v) is 9.55. The quantitative estimate of drug-likeness (QED) is 0.387. The van der Waals surface area contributed by atoms with Gasteiger partial charge in [-0.2, -0.15) is 0 Å². The molecule has 164 valence electrons. The van der Waals surface area contributed by atoms with Crippen LogP contribution in [-0.2, 0) is 32.5 Å². The highest BCUT2D eigenvalue weighted by Crippen LogP contribution is 2.34. The summed E-state index contributed by atoms with van der Waals surface area (Å²) >= 11 is 1.42. The number of sulfonamides is 1. The lowest BCUT2D eigenvalue weighted by Crippen LogP contribution is -2.12. The van der Waals surface area contributed by atoms with Gasteiger partial charge in [-0.25, -0.2) is 23.3 Å². The first-order valence-corrected chi connectivity index (χ1v) is 12.2. The van der Waals surface area contributed by atoms with Crippen molar-refractivity contribution in [2.45, 2.75) is 37.6 Å². The monoisotopic (exact) mass is 459 g/mol. The van der Waals surface area contributed by atoms with Crippen LogP contribution in [0.1, 0.15) is 36.0 Å². The van der Waals surface area contributed by atoms with Gasteiger partial charge in [0.1, 0.15) is 5.82 Å². The molecule has 9 heteroatoms. The number of methoxy groups -OCH3 is 1. The summed E-state index contributed by atoms with van der Waals surface area (Å²) in [7, 11) is -2.41. The van der Waals surface area contributed by atoms with Crippen LogP contribution in [-0.4, -0.2) is 31.0 Å². The molecule has 0 aliphatic heterocycles. The fourth-order valence-corrected chi connectivity index (χ4v) is 4.65. The molecule has 0 bridgehead atoms. The number of esters is 1. The van der Waals surface area contributed by atoms with Gasteiger partial charge in [-0.3, -0.25) is 0 Å². The van der Waals surface area contributed by atoms with Crippen LogP contribution in [0, 0.1) is 0 Å². The maximum Gasteiger partial charge on any atom is 0.338 e. The molecule has 2 N–H and O–H groups in total. The van der Waals surface area contributed by atoms with Gasteiger partial charge in [0, 0.05) is 18.5 Å². The number of hydrogen-bond donors (Lipinski definition) is 1. The molecule has 2 heterocycles. The van der Waals surface area contributed by atoms with Crippen LogP contribution >= 0.6 is 11.3 Å². The van der Waals surface area contributed by atoms with Crippen molar-refractivity contribution >= 4 is 32.9 Å². The zero-order valence-corrected chi connectivity index (χ0v) is 19.1. The van der Waals surface area contributed by atoms with Crippen molar-refractivity contribution in [3.05, 3.63) is 64.8 Å². The first-order chi connectivity index (χ1) is 14.8. The highest BCUT2D eigenvalue weighted by atomic mass is 32.2. The molecule has 7 nitrogen and oxygen atoms in total. The maximum atomic E-state index is 12.0. The first-order valence-electron chi connectivity index (χ1n) is 9.77. The summed E-state index contributed by atoms with van der Waals surface area (Å²) in [6, 6.07) is 8.43. The van der Waals surface area contributed by atoms with Gasteiger partial charge in [-0.15, -0.1) is 11.3 Å². The summed E-state index contributed by atoms with van der Waals surface area (Å²) in [5.41, 5.74) is 2.93. The van der Waals surface area contributed by atoms with Gasteiger partial charge >= 0.3 is 5.97 Å².